The molecule has 2 amide bonds. The molecule has 0 aliphatic carbocycles. The molecule has 0 bridgehead atoms. The van der Waals surface area contributed by atoms with E-state index in [1.165, 1.54) is 36.0 Å². The van der Waals surface area contributed by atoms with Gasteiger partial charge in [0, 0.05) is 5.70 Å². The lowest BCUT2D eigenvalue weighted by Crippen LogP contribution is -2.48. The van der Waals surface area contributed by atoms with Crippen molar-refractivity contribution in [2.75, 3.05) is 0 Å². The number of allylic oxidation sites excluding steroid dienone is 1. The van der Waals surface area contributed by atoms with Gasteiger partial charge in [-0.1, -0.05) is 70.3 Å². The van der Waals surface area contributed by atoms with Crippen molar-refractivity contribution < 1.29 is 9.59 Å². The second-order valence-electron chi connectivity index (χ2n) is 5.61. The molecule has 2 aromatic rings. The third kappa shape index (κ3) is 4.08. The summed E-state index contributed by atoms with van der Waals surface area (Å²) in [5.74, 6) is -1.31. The number of carbonyl (C=O) groups is 2. The van der Waals surface area contributed by atoms with Gasteiger partial charge in [0.25, 0.3) is 11.8 Å². The van der Waals surface area contributed by atoms with Gasteiger partial charge in [-0.25, -0.2) is 4.90 Å². The molecule has 0 saturated heterocycles. The summed E-state index contributed by atoms with van der Waals surface area (Å²) in [6.45, 7) is 1.82. The van der Waals surface area contributed by atoms with Crippen molar-refractivity contribution in [2.45, 2.75) is 12.4 Å². The molecule has 0 fully saturated rings. The van der Waals surface area contributed by atoms with Crippen LogP contribution in [0.4, 0.5) is 0 Å². The molecule has 1 atom stereocenters. The molecule has 0 aromatic heterocycles. The maximum Gasteiger partial charge on any atom is 0.266 e. The number of nitrogens with zero attached hydrogens (tertiary/aromatic N) is 1. The van der Waals surface area contributed by atoms with Gasteiger partial charge in [-0.05, 0) is 36.6 Å². The van der Waals surface area contributed by atoms with Crippen LogP contribution in [0, 0.1) is 0 Å². The van der Waals surface area contributed by atoms with Gasteiger partial charge < -0.3 is 5.32 Å². The first-order chi connectivity index (χ1) is 12.8. The molecule has 1 aliphatic rings. The largest absolute Gasteiger partial charge is 0.359 e. The molecule has 0 radical (unpaired) electrons. The van der Waals surface area contributed by atoms with Gasteiger partial charge in [0.15, 0.2) is 5.50 Å². The first kappa shape index (κ1) is 20.4. The number of benzene rings is 2. The Kier molecular flexibility index (Phi) is 6.28. The zero-order chi connectivity index (χ0) is 19.7. The highest BCUT2D eigenvalue weighted by Gasteiger charge is 2.36. The van der Waals surface area contributed by atoms with Crippen molar-refractivity contribution in [1.82, 2.24) is 10.2 Å². The van der Waals surface area contributed by atoms with E-state index in [9.17, 15) is 9.59 Å². The minimum absolute atomic E-state index is 0.0318. The molecule has 1 aliphatic heterocycles. The van der Waals surface area contributed by atoms with Gasteiger partial charge in [0.2, 0.25) is 0 Å². The SMILES string of the molecule is CC1=CS[C@H](N(C(=O)c2c(Cl)cccc2Cl)C(=O)c2c(Cl)cccc2Cl)N1. The van der Waals surface area contributed by atoms with E-state index in [1.54, 1.807) is 17.5 Å². The van der Waals surface area contributed by atoms with E-state index >= 15 is 0 Å². The first-order valence-electron chi connectivity index (χ1n) is 7.66. The number of nitrogens with one attached hydrogen (secondary N) is 1. The van der Waals surface area contributed by atoms with E-state index in [2.05, 4.69) is 5.32 Å². The van der Waals surface area contributed by atoms with Crippen molar-refractivity contribution >= 4 is 70.0 Å². The van der Waals surface area contributed by atoms with Crippen LogP contribution in [0.15, 0.2) is 47.5 Å². The van der Waals surface area contributed by atoms with E-state index in [1.807, 2.05) is 6.92 Å². The van der Waals surface area contributed by atoms with Crippen LogP contribution in [0.25, 0.3) is 0 Å². The summed E-state index contributed by atoms with van der Waals surface area (Å²) in [6, 6.07) is 9.36. The van der Waals surface area contributed by atoms with Crippen molar-refractivity contribution in [1.29, 1.82) is 0 Å². The van der Waals surface area contributed by atoms with E-state index < -0.39 is 17.3 Å². The third-order valence-electron chi connectivity index (χ3n) is 3.75. The summed E-state index contributed by atoms with van der Waals surface area (Å²) in [6.07, 6.45) is 0. The lowest BCUT2D eigenvalue weighted by molar-refractivity contribution is 0.0589. The minimum atomic E-state index is -0.690. The van der Waals surface area contributed by atoms with Crippen LogP contribution in [0.1, 0.15) is 27.6 Å². The summed E-state index contributed by atoms with van der Waals surface area (Å²) in [7, 11) is 0. The second-order valence-corrected chi connectivity index (χ2v) is 8.19. The molecular weight excluding hydrogens is 450 g/mol. The fraction of sp³-hybridized carbons (Fsp3) is 0.111. The number of halogens is 4. The van der Waals surface area contributed by atoms with Gasteiger partial charge in [-0.2, -0.15) is 0 Å². The van der Waals surface area contributed by atoms with Gasteiger partial charge in [0.1, 0.15) is 0 Å². The molecule has 0 saturated carbocycles. The first-order valence-corrected chi connectivity index (χ1v) is 10.1. The predicted molar refractivity (Wildman–Crippen MR) is 112 cm³/mol. The number of carbonyl (C=O) groups excluding carboxylic acids is 2. The highest BCUT2D eigenvalue weighted by atomic mass is 35.5. The fourth-order valence-electron chi connectivity index (χ4n) is 2.51. The zero-order valence-electron chi connectivity index (χ0n) is 13.8. The average Bonchev–Trinajstić information content (AvgIpc) is 3.00. The van der Waals surface area contributed by atoms with Crippen molar-refractivity contribution in [3.63, 3.8) is 0 Å². The van der Waals surface area contributed by atoms with Crippen LogP contribution < -0.4 is 5.32 Å². The van der Waals surface area contributed by atoms with Crippen LogP contribution in [0.3, 0.4) is 0 Å². The molecule has 0 spiro atoms. The third-order valence-corrected chi connectivity index (χ3v) is 6.09. The Morgan fingerprint density at radius 2 is 1.30 bits per heavy atom. The molecule has 1 heterocycles. The Balaban J connectivity index is 2.10. The number of amides is 2. The van der Waals surface area contributed by atoms with Gasteiger partial charge in [-0.15, -0.1) is 0 Å². The zero-order valence-corrected chi connectivity index (χ0v) is 17.6. The van der Waals surface area contributed by atoms with Crippen molar-refractivity contribution in [2.24, 2.45) is 0 Å². The Morgan fingerprint density at radius 3 is 1.63 bits per heavy atom. The number of thioether (sulfide) groups is 1. The smallest absolute Gasteiger partial charge is 0.266 e. The van der Waals surface area contributed by atoms with Crippen LogP contribution in [-0.2, 0) is 0 Å². The Bertz CT molecular complexity index is 860. The molecule has 4 nitrogen and oxygen atoms in total. The molecule has 0 unspecified atom stereocenters. The van der Waals surface area contributed by atoms with E-state index in [4.69, 9.17) is 46.4 Å². The van der Waals surface area contributed by atoms with E-state index in [0.717, 1.165) is 10.6 Å². The maximum absolute atomic E-state index is 13.3. The number of imide groups is 1. The molecule has 2 aromatic carbocycles. The van der Waals surface area contributed by atoms with Crippen molar-refractivity contribution in [3.8, 4) is 0 Å². The van der Waals surface area contributed by atoms with Crippen LogP contribution >= 0.6 is 58.2 Å². The predicted octanol–water partition coefficient (Wildman–Crippen LogP) is 6.06. The van der Waals surface area contributed by atoms with E-state index in [-0.39, 0.29) is 31.2 Å². The number of hydrogen-bond donors (Lipinski definition) is 1. The van der Waals surface area contributed by atoms with Crippen LogP contribution in [0.5, 0.6) is 0 Å². The molecule has 3 rings (SSSR count). The summed E-state index contributed by atoms with van der Waals surface area (Å²) in [4.78, 5) is 27.6. The normalized spacial score (nSPS) is 15.9. The van der Waals surface area contributed by atoms with Gasteiger partial charge >= 0.3 is 0 Å². The Labute approximate surface area is 180 Å². The fourth-order valence-corrected chi connectivity index (χ4v) is 4.59. The van der Waals surface area contributed by atoms with Crippen LogP contribution in [0.2, 0.25) is 20.1 Å². The minimum Gasteiger partial charge on any atom is -0.359 e. The standard InChI is InChI=1S/C18H12Cl4N2O2S/c1-9-8-27-18(23-9)24(16(25)14-10(19)4-2-5-11(14)20)17(26)15-12(21)6-3-7-13(15)22/h2-8,18,23H,1H3/t18-/m0/s1. The molecule has 1 N–H and O–H groups in total. The molecule has 140 valence electrons. The summed E-state index contributed by atoms with van der Waals surface area (Å²) in [5, 5.41) is 5.44. The lowest BCUT2D eigenvalue weighted by atomic mass is 10.1. The lowest BCUT2D eigenvalue weighted by Gasteiger charge is -2.28. The highest BCUT2D eigenvalue weighted by molar-refractivity contribution is 8.02. The quantitative estimate of drug-likeness (QED) is 0.564. The number of rotatable bonds is 3. The average molecular weight is 462 g/mol. The number of hydrogen-bond acceptors (Lipinski definition) is 4. The topological polar surface area (TPSA) is 49.4 Å². The molecule has 27 heavy (non-hydrogen) atoms. The highest BCUT2D eigenvalue weighted by Crippen LogP contribution is 2.33. The Morgan fingerprint density at radius 1 is 0.889 bits per heavy atom. The second kappa shape index (κ2) is 8.33. The monoisotopic (exact) mass is 460 g/mol. The summed E-state index contributed by atoms with van der Waals surface area (Å²) in [5.41, 5.74) is 0.185. The van der Waals surface area contributed by atoms with Crippen LogP contribution in [-0.4, -0.2) is 22.2 Å². The van der Waals surface area contributed by atoms with Gasteiger partial charge in [0.05, 0.1) is 31.2 Å². The van der Waals surface area contributed by atoms with Crippen molar-refractivity contribution in [3.05, 3.63) is 78.7 Å². The van der Waals surface area contributed by atoms with E-state index in [0.29, 0.717) is 0 Å². The maximum atomic E-state index is 13.3. The molecule has 9 heteroatoms. The summed E-state index contributed by atoms with van der Waals surface area (Å²) < 4.78 is 0. The summed E-state index contributed by atoms with van der Waals surface area (Å²) >= 11 is 26.0. The van der Waals surface area contributed by atoms with Gasteiger partial charge in [-0.3, -0.25) is 9.59 Å². The molecular formula is C18H12Cl4N2O2S. The Hall–Kier alpha value is -1.37.